The van der Waals surface area contributed by atoms with Gasteiger partial charge in [-0.2, -0.15) is 0 Å². The molecule has 1 unspecified atom stereocenters. The van der Waals surface area contributed by atoms with E-state index in [-0.39, 0.29) is 27.0 Å². The van der Waals surface area contributed by atoms with Crippen molar-refractivity contribution in [1.82, 2.24) is 0 Å². The lowest BCUT2D eigenvalue weighted by Gasteiger charge is -2.18. The lowest BCUT2D eigenvalue weighted by atomic mass is 10.1. The number of halogens is 2. The molecule has 0 aliphatic rings. The predicted molar refractivity (Wildman–Crippen MR) is 119 cm³/mol. The minimum atomic E-state index is -1.46. The summed E-state index contributed by atoms with van der Waals surface area (Å²) in [7, 11) is 0. The Kier molecular flexibility index (Phi) is 7.21. The molecule has 168 valence electrons. The fraction of sp³-hybridized carbons (Fsp3) is 0.0476. The number of non-ortho nitro benzene ring substituents is 1. The van der Waals surface area contributed by atoms with Crippen molar-refractivity contribution in [1.29, 1.82) is 0 Å². The average Bonchev–Trinajstić information content (AvgIpc) is 2.79. The molecule has 0 aliphatic carbocycles. The topological polar surface area (TPSA) is 142 Å². The largest absolute Gasteiger partial charge is 0.444 e. The first-order chi connectivity index (χ1) is 15.7. The van der Waals surface area contributed by atoms with E-state index in [0.29, 0.717) is 5.56 Å². The number of hydrogen-bond acceptors (Lipinski definition) is 7. The highest BCUT2D eigenvalue weighted by Crippen LogP contribution is 2.30. The molecule has 12 heteroatoms. The van der Waals surface area contributed by atoms with Crippen LogP contribution in [0.4, 0.5) is 17.1 Å². The number of ether oxygens (including phenoxy) is 1. The van der Waals surface area contributed by atoms with E-state index in [2.05, 4.69) is 5.32 Å². The summed E-state index contributed by atoms with van der Waals surface area (Å²) < 4.78 is 5.37. The van der Waals surface area contributed by atoms with Crippen LogP contribution in [0.2, 0.25) is 10.0 Å². The smallest absolute Gasteiger partial charge is 0.339 e. The van der Waals surface area contributed by atoms with Crippen molar-refractivity contribution >= 4 is 52.1 Å². The van der Waals surface area contributed by atoms with Crippen LogP contribution in [0.25, 0.3) is 0 Å². The van der Waals surface area contributed by atoms with E-state index >= 15 is 0 Å². The van der Waals surface area contributed by atoms with Gasteiger partial charge in [0.05, 0.1) is 26.1 Å². The predicted octanol–water partition coefficient (Wildman–Crippen LogP) is 5.35. The molecule has 1 amide bonds. The van der Waals surface area contributed by atoms with Gasteiger partial charge in [0.15, 0.2) is 0 Å². The van der Waals surface area contributed by atoms with Crippen molar-refractivity contribution in [3.8, 4) is 0 Å². The molecule has 0 saturated carbocycles. The molecule has 0 saturated heterocycles. The lowest BCUT2D eigenvalue weighted by molar-refractivity contribution is -0.385. The summed E-state index contributed by atoms with van der Waals surface area (Å²) in [6, 6.07) is 14.8. The Balaban J connectivity index is 1.89. The second kappa shape index (κ2) is 10.1. The Morgan fingerprint density at radius 3 is 2.18 bits per heavy atom. The normalized spacial score (nSPS) is 11.3. The van der Waals surface area contributed by atoms with Crippen LogP contribution in [0.15, 0.2) is 66.7 Å². The standard InChI is InChI=1S/C21H13Cl2N3O7/c22-15-8-6-13(10-18(15)26(31)32)21(28)33-19(12-4-2-1-3-5-12)20(27)24-17-9-7-14(25(29)30)11-16(17)23/h1-11,19H,(H,24,27). The van der Waals surface area contributed by atoms with Gasteiger partial charge in [-0.1, -0.05) is 53.5 Å². The number of nitro groups is 2. The highest BCUT2D eigenvalue weighted by Gasteiger charge is 2.27. The van der Waals surface area contributed by atoms with E-state index < -0.39 is 33.5 Å². The van der Waals surface area contributed by atoms with Crippen LogP contribution in [0.3, 0.4) is 0 Å². The van der Waals surface area contributed by atoms with Crippen LogP contribution in [-0.2, 0) is 9.53 Å². The first-order valence-electron chi connectivity index (χ1n) is 9.12. The van der Waals surface area contributed by atoms with Gasteiger partial charge in [0.25, 0.3) is 17.3 Å². The van der Waals surface area contributed by atoms with E-state index in [1.54, 1.807) is 30.3 Å². The number of carbonyl (C=O) groups excluding carboxylic acids is 2. The maximum atomic E-state index is 13.0. The summed E-state index contributed by atoms with van der Waals surface area (Å²) in [5, 5.41) is 24.2. The molecule has 3 rings (SSSR count). The van der Waals surface area contributed by atoms with Crippen molar-refractivity contribution in [2.45, 2.75) is 6.10 Å². The zero-order valence-electron chi connectivity index (χ0n) is 16.4. The van der Waals surface area contributed by atoms with Crippen LogP contribution >= 0.6 is 23.2 Å². The lowest BCUT2D eigenvalue weighted by Crippen LogP contribution is -2.26. The van der Waals surface area contributed by atoms with Gasteiger partial charge in [0, 0.05) is 23.8 Å². The van der Waals surface area contributed by atoms with Crippen molar-refractivity contribution < 1.29 is 24.2 Å². The zero-order valence-corrected chi connectivity index (χ0v) is 17.9. The molecule has 0 fully saturated rings. The summed E-state index contributed by atoms with van der Waals surface area (Å²) in [5.74, 6) is -1.80. The molecule has 0 heterocycles. The first kappa shape index (κ1) is 23.6. The van der Waals surface area contributed by atoms with Crippen molar-refractivity contribution in [2.75, 3.05) is 5.32 Å². The monoisotopic (exact) mass is 489 g/mol. The first-order valence-corrected chi connectivity index (χ1v) is 9.87. The number of amides is 1. The third-order valence-corrected chi connectivity index (χ3v) is 5.00. The zero-order chi connectivity index (χ0) is 24.1. The Labute approximate surface area is 196 Å². The fourth-order valence-electron chi connectivity index (χ4n) is 2.77. The van der Waals surface area contributed by atoms with Gasteiger partial charge in [0.2, 0.25) is 6.10 Å². The van der Waals surface area contributed by atoms with Gasteiger partial charge >= 0.3 is 5.97 Å². The van der Waals surface area contributed by atoms with E-state index in [9.17, 15) is 29.8 Å². The van der Waals surface area contributed by atoms with Crippen LogP contribution in [0.5, 0.6) is 0 Å². The minimum absolute atomic E-state index is 0.0615. The maximum absolute atomic E-state index is 13.0. The highest BCUT2D eigenvalue weighted by atomic mass is 35.5. The molecule has 0 aliphatic heterocycles. The molecular formula is C21H13Cl2N3O7. The Morgan fingerprint density at radius 2 is 1.58 bits per heavy atom. The van der Waals surface area contributed by atoms with Crippen molar-refractivity contribution in [3.63, 3.8) is 0 Å². The van der Waals surface area contributed by atoms with E-state index in [1.165, 1.54) is 18.2 Å². The van der Waals surface area contributed by atoms with Gasteiger partial charge in [-0.25, -0.2) is 4.79 Å². The molecule has 33 heavy (non-hydrogen) atoms. The maximum Gasteiger partial charge on any atom is 0.339 e. The fourth-order valence-corrected chi connectivity index (χ4v) is 3.18. The number of hydrogen-bond donors (Lipinski definition) is 1. The molecule has 0 bridgehead atoms. The van der Waals surface area contributed by atoms with E-state index in [4.69, 9.17) is 27.9 Å². The molecule has 10 nitrogen and oxygen atoms in total. The van der Waals surface area contributed by atoms with Gasteiger partial charge < -0.3 is 10.1 Å². The quantitative estimate of drug-likeness (QED) is 0.267. The van der Waals surface area contributed by atoms with Crippen LogP contribution < -0.4 is 5.32 Å². The van der Waals surface area contributed by atoms with E-state index in [1.807, 2.05) is 0 Å². The van der Waals surface area contributed by atoms with Gasteiger partial charge in [0.1, 0.15) is 5.02 Å². The number of nitrogens with zero attached hydrogens (tertiary/aromatic N) is 2. The second-order valence-corrected chi connectivity index (χ2v) is 7.34. The number of esters is 1. The Morgan fingerprint density at radius 1 is 0.879 bits per heavy atom. The molecule has 1 N–H and O–H groups in total. The molecular weight excluding hydrogens is 477 g/mol. The molecule has 3 aromatic carbocycles. The molecule has 0 aromatic heterocycles. The average molecular weight is 490 g/mol. The number of nitro benzene ring substituents is 2. The summed E-state index contributed by atoms with van der Waals surface area (Å²) in [5.41, 5.74) is -0.581. The van der Waals surface area contributed by atoms with Crippen LogP contribution in [-0.4, -0.2) is 21.7 Å². The molecule has 0 radical (unpaired) electrons. The molecule has 1 atom stereocenters. The van der Waals surface area contributed by atoms with Crippen LogP contribution in [0, 0.1) is 20.2 Å². The van der Waals surface area contributed by atoms with Gasteiger partial charge in [-0.05, 0) is 18.2 Å². The Hall–Kier alpha value is -4.02. The molecule has 3 aromatic rings. The third-order valence-electron chi connectivity index (χ3n) is 4.37. The second-order valence-electron chi connectivity index (χ2n) is 6.53. The number of rotatable bonds is 7. The summed E-state index contributed by atoms with van der Waals surface area (Å²) in [4.78, 5) is 46.2. The summed E-state index contributed by atoms with van der Waals surface area (Å²) >= 11 is 11.8. The number of benzene rings is 3. The van der Waals surface area contributed by atoms with Crippen molar-refractivity contribution in [3.05, 3.63) is 108 Å². The summed E-state index contributed by atoms with van der Waals surface area (Å²) in [6.07, 6.45) is -1.46. The summed E-state index contributed by atoms with van der Waals surface area (Å²) in [6.45, 7) is 0. The van der Waals surface area contributed by atoms with E-state index in [0.717, 1.165) is 18.2 Å². The number of nitrogens with one attached hydrogen (secondary N) is 1. The third kappa shape index (κ3) is 5.62. The molecule has 0 spiro atoms. The van der Waals surface area contributed by atoms with Gasteiger partial charge in [-0.3, -0.25) is 25.0 Å². The van der Waals surface area contributed by atoms with Crippen molar-refractivity contribution in [2.24, 2.45) is 0 Å². The van der Waals surface area contributed by atoms with Gasteiger partial charge in [-0.15, -0.1) is 0 Å². The SMILES string of the molecule is O=C(OC(C(=O)Nc1ccc([N+](=O)[O-])cc1Cl)c1ccccc1)c1ccc(Cl)c([N+](=O)[O-])c1. The number of carbonyl (C=O) groups is 2. The highest BCUT2D eigenvalue weighted by molar-refractivity contribution is 6.34. The van der Waals surface area contributed by atoms with Crippen LogP contribution in [0.1, 0.15) is 22.0 Å². The minimum Gasteiger partial charge on any atom is -0.444 e. The number of anilines is 1. The Bertz CT molecular complexity index is 1250.